The second kappa shape index (κ2) is 8.25. The van der Waals surface area contributed by atoms with Crippen molar-refractivity contribution in [2.45, 2.75) is 6.92 Å². The van der Waals surface area contributed by atoms with Gasteiger partial charge >= 0.3 is 5.97 Å². The summed E-state index contributed by atoms with van der Waals surface area (Å²) in [6.07, 6.45) is 3.36. The average Bonchev–Trinajstić information content (AvgIpc) is 2.36. The minimum atomic E-state index is -0.514. The first kappa shape index (κ1) is 15.2. The fourth-order valence-corrected chi connectivity index (χ4v) is 1.36. The van der Waals surface area contributed by atoms with Crippen molar-refractivity contribution in [1.82, 2.24) is 5.48 Å². The molecular weight excluding hydrogens is 319 g/mol. The summed E-state index contributed by atoms with van der Waals surface area (Å²) in [5.74, 6) is -0.977. The Balaban J connectivity index is 2.36. The molecule has 1 aromatic carbocycles. The van der Waals surface area contributed by atoms with Crippen LogP contribution in [0.2, 0.25) is 0 Å². The van der Waals surface area contributed by atoms with Gasteiger partial charge in [0.25, 0.3) is 0 Å². The topological polar surface area (TPSA) is 59.9 Å². The molecule has 1 N–H and O–H groups in total. The van der Waals surface area contributed by atoms with Crippen LogP contribution in [-0.4, -0.2) is 18.9 Å². The molecule has 5 nitrogen and oxygen atoms in total. The lowest BCUT2D eigenvalue weighted by Crippen LogP contribution is -2.08. The summed E-state index contributed by atoms with van der Waals surface area (Å²) >= 11 is 3.14. The van der Waals surface area contributed by atoms with Crippen LogP contribution in [0.5, 0.6) is 0 Å². The quantitative estimate of drug-likeness (QED) is 0.166. The number of hydroxylamine groups is 1. The minimum Gasteiger partial charge on any atom is -0.463 e. The molecule has 0 radical (unpaired) electrons. The summed E-state index contributed by atoms with van der Waals surface area (Å²) < 4.78 is 18.6. The minimum absolute atomic E-state index is 0.161. The largest absolute Gasteiger partial charge is 0.463 e. The van der Waals surface area contributed by atoms with Crippen LogP contribution < -0.4 is 5.48 Å². The first-order valence-electron chi connectivity index (χ1n) is 5.35. The zero-order valence-corrected chi connectivity index (χ0v) is 11.7. The maximum Gasteiger partial charge on any atom is 0.333 e. The highest BCUT2D eigenvalue weighted by Crippen LogP contribution is 2.21. The van der Waals surface area contributed by atoms with Gasteiger partial charge in [0.2, 0.25) is 0 Å². The number of carbonyl (C=O) groups excluding carboxylic acids is 1. The Bertz CT molecular complexity index is 492. The van der Waals surface area contributed by atoms with E-state index in [0.717, 1.165) is 18.7 Å². The number of esters is 1. The maximum absolute atomic E-state index is 13.3. The average molecular weight is 331 g/mol. The van der Waals surface area contributed by atoms with Crippen LogP contribution in [0.3, 0.4) is 0 Å². The molecule has 0 heterocycles. The Hall–Kier alpha value is -1.89. The van der Waals surface area contributed by atoms with Crippen molar-refractivity contribution in [2.24, 2.45) is 4.99 Å². The molecule has 1 rings (SSSR count). The monoisotopic (exact) mass is 330 g/mol. The number of carbonyl (C=O) groups is 1. The van der Waals surface area contributed by atoms with Crippen LogP contribution >= 0.6 is 15.9 Å². The first-order valence-corrected chi connectivity index (χ1v) is 6.15. The molecule has 1 aromatic rings. The smallest absolute Gasteiger partial charge is 0.333 e. The van der Waals surface area contributed by atoms with Gasteiger partial charge in [0.1, 0.15) is 24.1 Å². The predicted octanol–water partition coefficient (Wildman–Crippen LogP) is 2.85. The maximum atomic E-state index is 13.3. The number of halogens is 2. The molecule has 0 aliphatic heterocycles. The fourth-order valence-electron chi connectivity index (χ4n) is 1.03. The van der Waals surface area contributed by atoms with Gasteiger partial charge in [-0.2, -0.15) is 0 Å². The highest BCUT2D eigenvalue weighted by Gasteiger charge is 1.99. The number of nitrogens with one attached hydrogen (secondary N) is 1. The van der Waals surface area contributed by atoms with Crippen molar-refractivity contribution in [3.05, 3.63) is 40.8 Å². The molecule has 0 saturated heterocycles. The standard InChI is InChI=1S/C12H12BrFN2O3/c1-2-18-12(17)5-6-19-16-8-15-11-4-3-9(13)7-10(11)14/h3-8H,2H2,1H3,(H,15,16)/b6-5+. The highest BCUT2D eigenvalue weighted by molar-refractivity contribution is 9.10. The van der Waals surface area contributed by atoms with Gasteiger partial charge in [0, 0.05) is 4.47 Å². The van der Waals surface area contributed by atoms with E-state index >= 15 is 0 Å². The van der Waals surface area contributed by atoms with Crippen LogP contribution in [-0.2, 0) is 14.4 Å². The Labute approximate surface area is 118 Å². The molecule has 0 spiro atoms. The number of hydrogen-bond acceptors (Lipinski definition) is 4. The van der Waals surface area contributed by atoms with Crippen LogP contribution in [0.25, 0.3) is 0 Å². The highest BCUT2D eigenvalue weighted by atomic mass is 79.9. The first-order chi connectivity index (χ1) is 9.13. The van der Waals surface area contributed by atoms with Gasteiger partial charge in [0.05, 0.1) is 12.7 Å². The number of ether oxygens (including phenoxy) is 1. The third-order valence-electron chi connectivity index (χ3n) is 1.79. The molecule has 0 fully saturated rings. The summed E-state index contributed by atoms with van der Waals surface area (Å²) in [4.78, 5) is 19.4. The van der Waals surface area contributed by atoms with Crippen molar-refractivity contribution in [3.8, 4) is 0 Å². The normalized spacial score (nSPS) is 10.9. The van der Waals surface area contributed by atoms with Gasteiger partial charge in [-0.1, -0.05) is 15.9 Å². The van der Waals surface area contributed by atoms with E-state index in [1.807, 2.05) is 0 Å². The van der Waals surface area contributed by atoms with E-state index in [2.05, 4.69) is 31.1 Å². The van der Waals surface area contributed by atoms with E-state index in [9.17, 15) is 9.18 Å². The van der Waals surface area contributed by atoms with Crippen LogP contribution in [0, 0.1) is 5.82 Å². The number of hydrogen-bond donors (Lipinski definition) is 1. The van der Waals surface area contributed by atoms with Gasteiger partial charge in [-0.05, 0) is 25.1 Å². The van der Waals surface area contributed by atoms with Gasteiger partial charge in [-0.25, -0.2) is 19.7 Å². The molecule has 19 heavy (non-hydrogen) atoms. The van der Waals surface area contributed by atoms with Gasteiger partial charge in [0.15, 0.2) is 0 Å². The SMILES string of the molecule is CCOC(=O)/C=C/ONC=Nc1ccc(Br)cc1F. The van der Waals surface area contributed by atoms with E-state index < -0.39 is 11.8 Å². The molecule has 0 bridgehead atoms. The number of nitrogens with zero attached hydrogens (tertiary/aromatic N) is 1. The van der Waals surface area contributed by atoms with Crippen LogP contribution in [0.1, 0.15) is 6.92 Å². The lowest BCUT2D eigenvalue weighted by Gasteiger charge is -1.99. The molecule has 0 atom stereocenters. The van der Waals surface area contributed by atoms with E-state index in [1.165, 1.54) is 12.1 Å². The lowest BCUT2D eigenvalue weighted by atomic mass is 10.3. The third kappa shape index (κ3) is 6.01. The molecule has 102 valence electrons. The van der Waals surface area contributed by atoms with Crippen molar-refractivity contribution >= 4 is 33.9 Å². The summed E-state index contributed by atoms with van der Waals surface area (Å²) in [7, 11) is 0. The van der Waals surface area contributed by atoms with Gasteiger partial charge in [-0.15, -0.1) is 0 Å². The van der Waals surface area contributed by atoms with E-state index in [1.54, 1.807) is 13.0 Å². The molecule has 0 unspecified atom stereocenters. The summed E-state index contributed by atoms with van der Waals surface area (Å²) in [5.41, 5.74) is 2.47. The van der Waals surface area contributed by atoms with Gasteiger partial charge < -0.3 is 9.57 Å². The van der Waals surface area contributed by atoms with Crippen molar-refractivity contribution < 1.29 is 18.8 Å². The molecular formula is C12H12BrFN2O3. The van der Waals surface area contributed by atoms with Crippen molar-refractivity contribution in [2.75, 3.05) is 6.61 Å². The fraction of sp³-hybridized carbons (Fsp3) is 0.167. The summed E-state index contributed by atoms with van der Waals surface area (Å²) in [6.45, 7) is 1.99. The van der Waals surface area contributed by atoms with Crippen molar-refractivity contribution in [3.63, 3.8) is 0 Å². The second-order valence-electron chi connectivity index (χ2n) is 3.14. The Morgan fingerprint density at radius 2 is 2.37 bits per heavy atom. The molecule has 0 saturated carbocycles. The molecule has 0 aliphatic rings. The Kier molecular flexibility index (Phi) is 6.59. The summed E-state index contributed by atoms with van der Waals surface area (Å²) in [5, 5.41) is 0. The molecule has 0 aliphatic carbocycles. The van der Waals surface area contributed by atoms with Crippen molar-refractivity contribution in [1.29, 1.82) is 0 Å². The molecule has 7 heteroatoms. The third-order valence-corrected chi connectivity index (χ3v) is 2.29. The zero-order chi connectivity index (χ0) is 14.1. The van der Waals surface area contributed by atoms with Crippen LogP contribution in [0.4, 0.5) is 10.1 Å². The summed E-state index contributed by atoms with van der Waals surface area (Å²) in [6, 6.07) is 4.47. The van der Waals surface area contributed by atoms with Gasteiger partial charge in [-0.3, -0.25) is 0 Å². The van der Waals surface area contributed by atoms with E-state index in [4.69, 9.17) is 4.84 Å². The molecule has 0 aromatic heterocycles. The zero-order valence-electron chi connectivity index (χ0n) is 10.1. The Morgan fingerprint density at radius 1 is 1.58 bits per heavy atom. The van der Waals surface area contributed by atoms with Crippen LogP contribution in [0.15, 0.2) is 40.0 Å². The number of benzene rings is 1. The molecule has 0 amide bonds. The number of rotatable bonds is 6. The number of aliphatic imine (C=N–C) groups is 1. The Morgan fingerprint density at radius 3 is 3.05 bits per heavy atom. The lowest BCUT2D eigenvalue weighted by molar-refractivity contribution is -0.137. The van der Waals surface area contributed by atoms with E-state index in [-0.39, 0.29) is 5.69 Å². The second-order valence-corrected chi connectivity index (χ2v) is 4.06. The predicted molar refractivity (Wildman–Crippen MR) is 72.2 cm³/mol. The van der Waals surface area contributed by atoms with E-state index in [0.29, 0.717) is 11.1 Å².